The van der Waals surface area contributed by atoms with Crippen LogP contribution in [-0.2, 0) is 19.6 Å². The molecule has 7 nitrogen and oxygen atoms in total. The zero-order valence-electron chi connectivity index (χ0n) is 34.6. The predicted octanol–water partition coefficient (Wildman–Crippen LogP) is 10.3. The van der Waals surface area contributed by atoms with Crippen molar-refractivity contribution in [2.75, 3.05) is 52.7 Å². The molecule has 0 bridgehead atoms. The molecule has 1 saturated carbocycles. The van der Waals surface area contributed by atoms with E-state index in [1.165, 1.54) is 44.1 Å². The van der Waals surface area contributed by atoms with Gasteiger partial charge in [0.25, 0.3) is 0 Å². The molecule has 0 radical (unpaired) electrons. The highest BCUT2D eigenvalue weighted by Crippen LogP contribution is 2.44. The lowest BCUT2D eigenvalue weighted by Gasteiger charge is -2.44. The molecule has 1 saturated heterocycles. The van der Waals surface area contributed by atoms with E-state index in [2.05, 4.69) is 86.3 Å². The van der Waals surface area contributed by atoms with Crippen LogP contribution in [0, 0.1) is 11.3 Å². The Morgan fingerprint density at radius 2 is 1.21 bits per heavy atom. The summed E-state index contributed by atoms with van der Waals surface area (Å²) in [6.45, 7) is 28.3. The van der Waals surface area contributed by atoms with Gasteiger partial charge in [-0.1, -0.05) is 59.2 Å². The highest BCUT2D eigenvalue weighted by Gasteiger charge is 2.37. The first kappa shape index (κ1) is 42.4. The monoisotopic (exact) mass is 724 g/mol. The van der Waals surface area contributed by atoms with Crippen molar-refractivity contribution in [1.29, 1.82) is 0 Å². The summed E-state index contributed by atoms with van der Waals surface area (Å²) >= 11 is 0. The van der Waals surface area contributed by atoms with Crippen molar-refractivity contribution < 1.29 is 28.4 Å². The summed E-state index contributed by atoms with van der Waals surface area (Å²) in [4.78, 5) is 2.61. The van der Waals surface area contributed by atoms with Gasteiger partial charge in [0.15, 0.2) is 0 Å². The molecule has 0 amide bonds. The Balaban J connectivity index is 1.05. The molecule has 52 heavy (non-hydrogen) atoms. The maximum absolute atomic E-state index is 6.74. The van der Waals surface area contributed by atoms with E-state index in [4.69, 9.17) is 28.4 Å². The number of benzene rings is 2. The summed E-state index contributed by atoms with van der Waals surface area (Å²) in [5, 5.41) is 0. The number of likely N-dealkylation sites (tertiary alicyclic amines) is 1. The molecule has 1 aliphatic heterocycles. The van der Waals surface area contributed by atoms with Gasteiger partial charge in [0.05, 0.1) is 37.6 Å². The molecule has 2 unspecified atom stereocenters. The molecule has 2 fully saturated rings. The smallest absolute Gasteiger partial charge is 0.123 e. The molecule has 1 aliphatic carbocycles. The molecule has 0 N–H and O–H groups in total. The van der Waals surface area contributed by atoms with Crippen molar-refractivity contribution in [2.24, 2.45) is 11.3 Å². The fraction of sp³-hybridized carbons (Fsp3) is 0.733. The van der Waals surface area contributed by atoms with Crippen LogP contribution in [0.5, 0.6) is 17.2 Å². The quantitative estimate of drug-likeness (QED) is 0.134. The van der Waals surface area contributed by atoms with Gasteiger partial charge in [-0.2, -0.15) is 0 Å². The average molecular weight is 724 g/mol. The van der Waals surface area contributed by atoms with E-state index in [1.54, 1.807) is 0 Å². The molecule has 4 rings (SSSR count). The van der Waals surface area contributed by atoms with Gasteiger partial charge in [0, 0.05) is 24.7 Å². The lowest BCUT2D eigenvalue weighted by Crippen LogP contribution is -2.48. The Kier molecular flexibility index (Phi) is 15.8. The number of rotatable bonds is 19. The first-order chi connectivity index (χ1) is 24.5. The summed E-state index contributed by atoms with van der Waals surface area (Å²) in [5.74, 6) is 3.07. The Bertz CT molecular complexity index is 1300. The number of hydrogen-bond acceptors (Lipinski definition) is 7. The van der Waals surface area contributed by atoms with Crippen LogP contribution in [0.1, 0.15) is 126 Å². The first-order valence-corrected chi connectivity index (χ1v) is 20.2. The third-order valence-corrected chi connectivity index (χ3v) is 11.2. The topological polar surface area (TPSA) is 58.6 Å². The van der Waals surface area contributed by atoms with Crippen molar-refractivity contribution in [3.8, 4) is 17.2 Å². The van der Waals surface area contributed by atoms with Crippen LogP contribution >= 0.6 is 0 Å². The molecule has 1 heterocycles. The van der Waals surface area contributed by atoms with E-state index in [0.717, 1.165) is 43.2 Å². The molecule has 2 aliphatic rings. The van der Waals surface area contributed by atoms with Gasteiger partial charge in [-0.3, -0.25) is 4.90 Å². The Labute approximate surface area is 317 Å². The lowest BCUT2D eigenvalue weighted by atomic mass is 9.67. The van der Waals surface area contributed by atoms with E-state index >= 15 is 0 Å². The Morgan fingerprint density at radius 3 is 1.83 bits per heavy atom. The Morgan fingerprint density at radius 1 is 0.615 bits per heavy atom. The maximum Gasteiger partial charge on any atom is 0.123 e. The van der Waals surface area contributed by atoms with Gasteiger partial charge in [0.1, 0.15) is 37.1 Å². The first-order valence-electron chi connectivity index (χ1n) is 20.2. The maximum atomic E-state index is 6.74. The summed E-state index contributed by atoms with van der Waals surface area (Å²) in [7, 11) is 0. The largest absolute Gasteiger partial charge is 0.491 e. The predicted molar refractivity (Wildman–Crippen MR) is 213 cm³/mol. The minimum atomic E-state index is -0.189. The van der Waals surface area contributed by atoms with Gasteiger partial charge < -0.3 is 28.4 Å². The lowest BCUT2D eigenvalue weighted by molar-refractivity contribution is -0.0858. The highest BCUT2D eigenvalue weighted by molar-refractivity contribution is 5.33. The number of hydrogen-bond donors (Lipinski definition) is 0. The molecule has 7 heteroatoms. The third-order valence-electron chi connectivity index (χ3n) is 11.2. The third kappa shape index (κ3) is 14.5. The van der Waals surface area contributed by atoms with Crippen LogP contribution in [-0.4, -0.2) is 81.0 Å². The SMILES string of the molecule is CC(C)(CCC(C)(C)C1CCCC(OC2CCN(C(C)(C)C)CC2)C1)OCCOCCOc1cccc(OCCOc2ccc(C(C)(C)C)cc2)c1. The number of piperidine rings is 1. The van der Waals surface area contributed by atoms with Gasteiger partial charge >= 0.3 is 0 Å². The average Bonchev–Trinajstić information content (AvgIpc) is 3.09. The second-order valence-corrected chi connectivity index (χ2v) is 18.5. The van der Waals surface area contributed by atoms with Crippen molar-refractivity contribution in [1.82, 2.24) is 4.90 Å². The van der Waals surface area contributed by atoms with Crippen LogP contribution in [0.4, 0.5) is 0 Å². The van der Waals surface area contributed by atoms with E-state index in [0.29, 0.717) is 57.8 Å². The van der Waals surface area contributed by atoms with Crippen LogP contribution in [0.3, 0.4) is 0 Å². The Hall–Kier alpha value is -2.32. The zero-order chi connectivity index (χ0) is 37.8. The minimum absolute atomic E-state index is 0.129. The zero-order valence-corrected chi connectivity index (χ0v) is 34.6. The van der Waals surface area contributed by atoms with Crippen molar-refractivity contribution in [3.63, 3.8) is 0 Å². The van der Waals surface area contributed by atoms with Crippen LogP contribution in [0.15, 0.2) is 48.5 Å². The summed E-state index contributed by atoms with van der Waals surface area (Å²) in [6.07, 6.45) is 10.4. The molecule has 2 atom stereocenters. The molecule has 294 valence electrons. The van der Waals surface area contributed by atoms with E-state index < -0.39 is 0 Å². The second kappa shape index (κ2) is 19.3. The molecule has 0 aromatic heterocycles. The van der Waals surface area contributed by atoms with Crippen molar-refractivity contribution in [2.45, 2.75) is 149 Å². The molecular weight excluding hydrogens is 650 g/mol. The number of nitrogens with zero attached hydrogens (tertiary/aromatic N) is 1. The van der Waals surface area contributed by atoms with Crippen LogP contribution in [0.25, 0.3) is 0 Å². The normalized spacial score (nSPS) is 19.8. The van der Waals surface area contributed by atoms with E-state index in [-0.39, 0.29) is 22.0 Å². The highest BCUT2D eigenvalue weighted by atomic mass is 16.6. The van der Waals surface area contributed by atoms with Crippen molar-refractivity contribution in [3.05, 3.63) is 54.1 Å². The fourth-order valence-electron chi connectivity index (χ4n) is 7.53. The summed E-state index contributed by atoms with van der Waals surface area (Å²) < 4.78 is 36.6. The van der Waals surface area contributed by atoms with Crippen molar-refractivity contribution >= 4 is 0 Å². The van der Waals surface area contributed by atoms with Gasteiger partial charge in [-0.15, -0.1) is 0 Å². The summed E-state index contributed by atoms with van der Waals surface area (Å²) in [5.41, 5.74) is 1.75. The molecular formula is C45H73NO6. The van der Waals surface area contributed by atoms with E-state index in [1.807, 2.05) is 36.4 Å². The minimum Gasteiger partial charge on any atom is -0.491 e. The standard InChI is InChI=1S/C45H73NO6/c1-42(2,3)35-17-19-37(20-18-35)48-30-31-50-40-15-12-14-39(34-40)49-29-27-47-28-32-51-45(9,10)24-23-44(7,8)36-13-11-16-41(33-36)52-38-21-25-46(26-22-38)43(4,5)6/h12,14-15,17-20,34,36,38,41H,11,13,16,21-33H2,1-10H3. The molecule has 2 aromatic rings. The van der Waals surface area contributed by atoms with Gasteiger partial charge in [0.2, 0.25) is 0 Å². The second-order valence-electron chi connectivity index (χ2n) is 18.5. The summed E-state index contributed by atoms with van der Waals surface area (Å²) in [6, 6.07) is 16.0. The molecule has 2 aromatic carbocycles. The molecule has 0 spiro atoms. The van der Waals surface area contributed by atoms with E-state index in [9.17, 15) is 0 Å². The van der Waals surface area contributed by atoms with Crippen LogP contribution in [0.2, 0.25) is 0 Å². The fourth-order valence-corrected chi connectivity index (χ4v) is 7.53. The van der Waals surface area contributed by atoms with Gasteiger partial charge in [-0.25, -0.2) is 0 Å². The van der Waals surface area contributed by atoms with Crippen LogP contribution < -0.4 is 14.2 Å². The van der Waals surface area contributed by atoms with Gasteiger partial charge in [-0.05, 0) is 126 Å². The number of ether oxygens (including phenoxy) is 6.